The minimum atomic E-state index is -1.12. The van der Waals surface area contributed by atoms with Crippen LogP contribution in [0.1, 0.15) is 11.1 Å². The number of hydrogen-bond donors (Lipinski definition) is 0. The van der Waals surface area contributed by atoms with E-state index >= 15 is 0 Å². The number of rotatable bonds is 6. The van der Waals surface area contributed by atoms with Crippen LogP contribution in [0.25, 0.3) is 0 Å². The second-order valence-electron chi connectivity index (χ2n) is 5.45. The first kappa shape index (κ1) is 17.4. The smallest absolute Gasteiger partial charge is 0.229 e. The third kappa shape index (κ3) is 2.99. The average Bonchev–Trinajstić information content (AvgIpc) is 3.17. The van der Waals surface area contributed by atoms with Gasteiger partial charge in [0.05, 0.1) is 52.8 Å². The minimum Gasteiger partial charge on any atom is -0.497 e. The SMILES string of the molecule is COc1ccc(C2(c3ccc(OC)cc3OC)OCCO2)c(OC)c1. The molecule has 0 amide bonds. The van der Waals surface area contributed by atoms with E-state index < -0.39 is 5.79 Å². The van der Waals surface area contributed by atoms with Gasteiger partial charge in [-0.25, -0.2) is 0 Å². The van der Waals surface area contributed by atoms with Crippen molar-refractivity contribution in [1.82, 2.24) is 0 Å². The molecular formula is C19H22O6. The molecule has 0 saturated carbocycles. The van der Waals surface area contributed by atoms with Gasteiger partial charge in [0.2, 0.25) is 5.79 Å². The topological polar surface area (TPSA) is 55.4 Å². The van der Waals surface area contributed by atoms with Gasteiger partial charge >= 0.3 is 0 Å². The largest absolute Gasteiger partial charge is 0.497 e. The van der Waals surface area contributed by atoms with Gasteiger partial charge in [-0.3, -0.25) is 0 Å². The summed E-state index contributed by atoms with van der Waals surface area (Å²) in [6.07, 6.45) is 0. The zero-order chi connectivity index (χ0) is 17.9. The third-order valence-corrected chi connectivity index (χ3v) is 4.22. The maximum absolute atomic E-state index is 6.08. The van der Waals surface area contributed by atoms with E-state index in [0.29, 0.717) is 36.2 Å². The number of ether oxygens (including phenoxy) is 6. The fourth-order valence-corrected chi connectivity index (χ4v) is 3.01. The molecule has 1 saturated heterocycles. The predicted molar refractivity (Wildman–Crippen MR) is 91.8 cm³/mol. The highest BCUT2D eigenvalue weighted by Crippen LogP contribution is 2.47. The molecule has 1 aliphatic heterocycles. The molecule has 0 N–H and O–H groups in total. The van der Waals surface area contributed by atoms with E-state index in [9.17, 15) is 0 Å². The second-order valence-corrected chi connectivity index (χ2v) is 5.45. The van der Waals surface area contributed by atoms with Gasteiger partial charge in [0, 0.05) is 12.1 Å². The van der Waals surface area contributed by atoms with E-state index in [2.05, 4.69) is 0 Å². The van der Waals surface area contributed by atoms with Crippen LogP contribution in [0.15, 0.2) is 36.4 Å². The van der Waals surface area contributed by atoms with E-state index in [1.54, 1.807) is 40.6 Å². The molecule has 0 aliphatic carbocycles. The van der Waals surface area contributed by atoms with Crippen molar-refractivity contribution in [3.63, 3.8) is 0 Å². The lowest BCUT2D eigenvalue weighted by molar-refractivity contribution is -0.132. The molecule has 0 radical (unpaired) electrons. The Kier molecular flexibility index (Phi) is 5.01. The lowest BCUT2D eigenvalue weighted by Gasteiger charge is -2.31. The van der Waals surface area contributed by atoms with Crippen molar-refractivity contribution in [1.29, 1.82) is 0 Å². The fraction of sp³-hybridized carbons (Fsp3) is 0.368. The van der Waals surface area contributed by atoms with Crippen LogP contribution in [0.2, 0.25) is 0 Å². The molecule has 2 aromatic rings. The van der Waals surface area contributed by atoms with Gasteiger partial charge in [0.15, 0.2) is 0 Å². The second kappa shape index (κ2) is 7.21. The highest BCUT2D eigenvalue weighted by Gasteiger charge is 2.45. The number of benzene rings is 2. The summed E-state index contributed by atoms with van der Waals surface area (Å²) in [7, 11) is 6.43. The Bertz CT molecular complexity index is 679. The van der Waals surface area contributed by atoms with Crippen LogP contribution < -0.4 is 18.9 Å². The molecule has 0 bridgehead atoms. The predicted octanol–water partition coefficient (Wildman–Crippen LogP) is 2.97. The lowest BCUT2D eigenvalue weighted by atomic mass is 9.95. The summed E-state index contributed by atoms with van der Waals surface area (Å²) in [5, 5.41) is 0. The zero-order valence-electron chi connectivity index (χ0n) is 14.8. The fourth-order valence-electron chi connectivity index (χ4n) is 3.01. The molecule has 25 heavy (non-hydrogen) atoms. The Morgan fingerprint density at radius 3 is 1.48 bits per heavy atom. The summed E-state index contributed by atoms with van der Waals surface area (Å²) in [5.74, 6) is 1.49. The lowest BCUT2D eigenvalue weighted by Crippen LogP contribution is -2.30. The molecule has 6 heteroatoms. The molecule has 0 unspecified atom stereocenters. The molecule has 2 aromatic carbocycles. The van der Waals surface area contributed by atoms with Crippen molar-refractivity contribution in [2.45, 2.75) is 5.79 Å². The molecule has 1 heterocycles. The molecule has 1 fully saturated rings. The van der Waals surface area contributed by atoms with Crippen molar-refractivity contribution in [3.8, 4) is 23.0 Å². The molecular weight excluding hydrogens is 324 g/mol. The molecule has 3 rings (SSSR count). The molecule has 0 aromatic heterocycles. The van der Waals surface area contributed by atoms with Gasteiger partial charge in [0.25, 0.3) is 0 Å². The Balaban J connectivity index is 2.19. The average molecular weight is 346 g/mol. The summed E-state index contributed by atoms with van der Waals surface area (Å²) in [4.78, 5) is 0. The molecule has 0 spiro atoms. The quantitative estimate of drug-likeness (QED) is 0.802. The van der Waals surface area contributed by atoms with Gasteiger partial charge in [-0.2, -0.15) is 0 Å². The van der Waals surface area contributed by atoms with Crippen LogP contribution in [-0.2, 0) is 15.3 Å². The first-order valence-corrected chi connectivity index (χ1v) is 7.91. The highest BCUT2D eigenvalue weighted by molar-refractivity contribution is 5.52. The van der Waals surface area contributed by atoms with E-state index in [0.717, 1.165) is 11.1 Å². The van der Waals surface area contributed by atoms with Gasteiger partial charge < -0.3 is 28.4 Å². The summed E-state index contributed by atoms with van der Waals surface area (Å²) < 4.78 is 33.9. The van der Waals surface area contributed by atoms with Crippen molar-refractivity contribution in [2.24, 2.45) is 0 Å². The van der Waals surface area contributed by atoms with Gasteiger partial charge in [-0.1, -0.05) is 0 Å². The van der Waals surface area contributed by atoms with Crippen LogP contribution in [0, 0.1) is 0 Å². The van der Waals surface area contributed by atoms with Crippen LogP contribution >= 0.6 is 0 Å². The first-order chi connectivity index (χ1) is 12.2. The third-order valence-electron chi connectivity index (χ3n) is 4.22. The van der Waals surface area contributed by atoms with Crippen LogP contribution in [0.4, 0.5) is 0 Å². The maximum atomic E-state index is 6.08. The van der Waals surface area contributed by atoms with E-state index in [1.165, 1.54) is 0 Å². The summed E-state index contributed by atoms with van der Waals surface area (Å²) in [6, 6.07) is 11.1. The molecule has 6 nitrogen and oxygen atoms in total. The molecule has 1 aliphatic rings. The minimum absolute atomic E-state index is 0.463. The normalized spacial score (nSPS) is 15.7. The summed E-state index contributed by atoms with van der Waals surface area (Å²) in [6.45, 7) is 0.925. The molecule has 0 atom stereocenters. The summed E-state index contributed by atoms with van der Waals surface area (Å²) in [5.41, 5.74) is 1.49. The van der Waals surface area contributed by atoms with Gasteiger partial charge in [-0.05, 0) is 24.3 Å². The number of hydrogen-bond acceptors (Lipinski definition) is 6. The van der Waals surface area contributed by atoms with Crippen LogP contribution in [-0.4, -0.2) is 41.7 Å². The Morgan fingerprint density at radius 2 is 1.12 bits per heavy atom. The van der Waals surface area contributed by atoms with Gasteiger partial charge in [-0.15, -0.1) is 0 Å². The Hall–Kier alpha value is -2.44. The first-order valence-electron chi connectivity index (χ1n) is 7.91. The zero-order valence-corrected chi connectivity index (χ0v) is 14.8. The maximum Gasteiger partial charge on any atom is 0.229 e. The van der Waals surface area contributed by atoms with Crippen molar-refractivity contribution in [3.05, 3.63) is 47.5 Å². The highest BCUT2D eigenvalue weighted by atomic mass is 16.7. The van der Waals surface area contributed by atoms with Crippen molar-refractivity contribution >= 4 is 0 Å². The van der Waals surface area contributed by atoms with Crippen LogP contribution in [0.5, 0.6) is 23.0 Å². The Labute approximate surface area is 147 Å². The van der Waals surface area contributed by atoms with E-state index in [1.807, 2.05) is 24.3 Å². The van der Waals surface area contributed by atoms with E-state index in [-0.39, 0.29) is 0 Å². The van der Waals surface area contributed by atoms with Crippen molar-refractivity contribution < 1.29 is 28.4 Å². The monoisotopic (exact) mass is 346 g/mol. The van der Waals surface area contributed by atoms with Gasteiger partial charge in [0.1, 0.15) is 23.0 Å². The summed E-state index contributed by atoms with van der Waals surface area (Å²) >= 11 is 0. The van der Waals surface area contributed by atoms with Crippen molar-refractivity contribution in [2.75, 3.05) is 41.7 Å². The molecule has 134 valence electrons. The van der Waals surface area contributed by atoms with E-state index in [4.69, 9.17) is 28.4 Å². The standard InChI is InChI=1S/C19H22O6/c1-20-13-5-7-15(17(11-13)22-3)19(24-9-10-25-19)16-8-6-14(21-2)12-18(16)23-4/h5-8,11-12H,9-10H2,1-4H3. The Morgan fingerprint density at radius 1 is 0.680 bits per heavy atom. The number of methoxy groups -OCH3 is 4. The van der Waals surface area contributed by atoms with Crippen LogP contribution in [0.3, 0.4) is 0 Å².